The van der Waals surface area contributed by atoms with Crippen molar-refractivity contribution in [3.63, 3.8) is 0 Å². The molecule has 6 nitrogen and oxygen atoms in total. The van der Waals surface area contributed by atoms with E-state index in [0.29, 0.717) is 6.61 Å². The van der Waals surface area contributed by atoms with Gasteiger partial charge in [0, 0.05) is 22.8 Å². The van der Waals surface area contributed by atoms with Crippen molar-refractivity contribution < 1.29 is 9.53 Å². The molecule has 0 aliphatic heterocycles. The van der Waals surface area contributed by atoms with Gasteiger partial charge in [-0.3, -0.25) is 9.59 Å². The SMILES string of the molecule is COCC(C)NC(=O)Cn1ncc(I)cc1=O. The Morgan fingerprint density at radius 2 is 2.41 bits per heavy atom. The van der Waals surface area contributed by atoms with Gasteiger partial charge in [0.25, 0.3) is 5.56 Å². The van der Waals surface area contributed by atoms with Crippen LogP contribution in [0.1, 0.15) is 6.92 Å². The van der Waals surface area contributed by atoms with E-state index in [-0.39, 0.29) is 24.1 Å². The minimum Gasteiger partial charge on any atom is -0.383 e. The summed E-state index contributed by atoms with van der Waals surface area (Å²) >= 11 is 1.99. The van der Waals surface area contributed by atoms with Crippen LogP contribution >= 0.6 is 22.6 Å². The van der Waals surface area contributed by atoms with Gasteiger partial charge in [-0.05, 0) is 29.5 Å². The first kappa shape index (κ1) is 14.1. The van der Waals surface area contributed by atoms with Crippen LogP contribution < -0.4 is 10.9 Å². The predicted octanol–water partition coefficient (Wildman–Crippen LogP) is -0.00100. The second-order valence-electron chi connectivity index (χ2n) is 3.59. The number of hydrogen-bond donors (Lipinski definition) is 1. The van der Waals surface area contributed by atoms with E-state index in [4.69, 9.17) is 4.74 Å². The number of rotatable bonds is 5. The molecule has 17 heavy (non-hydrogen) atoms. The molecule has 0 aromatic carbocycles. The van der Waals surface area contributed by atoms with Crippen LogP contribution in [0.2, 0.25) is 0 Å². The molecular formula is C10H14IN3O3. The molecule has 0 fully saturated rings. The van der Waals surface area contributed by atoms with Gasteiger partial charge in [0.2, 0.25) is 5.91 Å². The lowest BCUT2D eigenvalue weighted by molar-refractivity contribution is -0.122. The number of hydrogen-bond acceptors (Lipinski definition) is 4. The Kier molecular flexibility index (Phi) is 5.56. The van der Waals surface area contributed by atoms with E-state index in [1.165, 1.54) is 12.3 Å². The standard InChI is InChI=1S/C10H14IN3O3/c1-7(6-17-2)13-9(15)5-14-10(16)3-8(11)4-12-14/h3-4,7H,5-6H2,1-2H3,(H,13,15). The van der Waals surface area contributed by atoms with Gasteiger partial charge < -0.3 is 10.1 Å². The molecular weight excluding hydrogens is 337 g/mol. The molecule has 0 spiro atoms. The first-order chi connectivity index (χ1) is 8.02. The molecule has 1 heterocycles. The number of carbonyl (C=O) groups is 1. The zero-order valence-electron chi connectivity index (χ0n) is 9.64. The minimum atomic E-state index is -0.286. The fourth-order valence-corrected chi connectivity index (χ4v) is 1.67. The smallest absolute Gasteiger partial charge is 0.268 e. The molecule has 1 aromatic rings. The van der Waals surface area contributed by atoms with Crippen LogP contribution in [0, 0.1) is 3.57 Å². The van der Waals surface area contributed by atoms with Gasteiger partial charge >= 0.3 is 0 Å². The number of aromatic nitrogens is 2. The lowest BCUT2D eigenvalue weighted by Gasteiger charge is -2.12. The van der Waals surface area contributed by atoms with Crippen molar-refractivity contribution in [3.05, 3.63) is 26.2 Å². The monoisotopic (exact) mass is 351 g/mol. The Hall–Kier alpha value is -0.960. The molecule has 1 aromatic heterocycles. The molecule has 1 atom stereocenters. The average molecular weight is 351 g/mol. The summed E-state index contributed by atoms with van der Waals surface area (Å²) in [6.07, 6.45) is 1.54. The zero-order valence-corrected chi connectivity index (χ0v) is 11.8. The van der Waals surface area contributed by atoms with E-state index in [2.05, 4.69) is 10.4 Å². The maximum atomic E-state index is 11.6. The summed E-state index contributed by atoms with van der Waals surface area (Å²) in [5.41, 5.74) is -0.286. The van der Waals surface area contributed by atoms with Crippen molar-refractivity contribution in [2.24, 2.45) is 0 Å². The summed E-state index contributed by atoms with van der Waals surface area (Å²) in [5, 5.41) is 6.58. The Bertz CT molecular complexity index is 447. The Morgan fingerprint density at radius 3 is 3.00 bits per heavy atom. The lowest BCUT2D eigenvalue weighted by Crippen LogP contribution is -2.40. The Labute approximate surface area is 112 Å². The molecule has 0 saturated heterocycles. The number of halogens is 1. The van der Waals surface area contributed by atoms with Crippen molar-refractivity contribution in [2.45, 2.75) is 19.5 Å². The molecule has 0 bridgehead atoms. The number of nitrogens with one attached hydrogen (secondary N) is 1. The fourth-order valence-electron chi connectivity index (χ4n) is 1.28. The highest BCUT2D eigenvalue weighted by Crippen LogP contribution is 1.95. The van der Waals surface area contributed by atoms with E-state index in [9.17, 15) is 9.59 Å². The highest BCUT2D eigenvalue weighted by Gasteiger charge is 2.09. The number of amides is 1. The fraction of sp³-hybridized carbons (Fsp3) is 0.500. The van der Waals surface area contributed by atoms with Crippen molar-refractivity contribution >= 4 is 28.5 Å². The summed E-state index contributed by atoms with van der Waals surface area (Å²) in [7, 11) is 1.56. The van der Waals surface area contributed by atoms with E-state index in [0.717, 1.165) is 8.25 Å². The quantitative estimate of drug-likeness (QED) is 0.758. The Morgan fingerprint density at radius 1 is 1.71 bits per heavy atom. The number of carbonyl (C=O) groups excluding carboxylic acids is 1. The van der Waals surface area contributed by atoms with Crippen molar-refractivity contribution in [1.82, 2.24) is 15.1 Å². The van der Waals surface area contributed by atoms with Gasteiger partial charge in [0.05, 0.1) is 12.8 Å². The second-order valence-corrected chi connectivity index (χ2v) is 4.84. The largest absolute Gasteiger partial charge is 0.383 e. The van der Waals surface area contributed by atoms with Crippen molar-refractivity contribution in [1.29, 1.82) is 0 Å². The molecule has 7 heteroatoms. The maximum Gasteiger partial charge on any atom is 0.268 e. The van der Waals surface area contributed by atoms with Crippen molar-refractivity contribution in [2.75, 3.05) is 13.7 Å². The molecule has 0 radical (unpaired) electrons. The summed E-state index contributed by atoms with van der Waals surface area (Å²) in [5.74, 6) is -0.259. The predicted molar refractivity (Wildman–Crippen MR) is 70.7 cm³/mol. The molecule has 1 amide bonds. The Balaban J connectivity index is 2.59. The molecule has 0 aliphatic rings. The van der Waals surface area contributed by atoms with Crippen LogP contribution in [0.3, 0.4) is 0 Å². The first-order valence-electron chi connectivity index (χ1n) is 5.04. The van der Waals surface area contributed by atoms with Crippen molar-refractivity contribution in [3.8, 4) is 0 Å². The van der Waals surface area contributed by atoms with Crippen LogP contribution in [0.15, 0.2) is 17.1 Å². The van der Waals surface area contributed by atoms with Crippen LogP contribution in [-0.4, -0.2) is 35.4 Å². The number of ether oxygens (including phenoxy) is 1. The van der Waals surface area contributed by atoms with Gasteiger partial charge in [-0.1, -0.05) is 0 Å². The van der Waals surface area contributed by atoms with Crippen LogP contribution in [0.5, 0.6) is 0 Å². The molecule has 1 rings (SSSR count). The van der Waals surface area contributed by atoms with E-state index < -0.39 is 0 Å². The third-order valence-corrected chi connectivity index (χ3v) is 2.54. The van der Waals surface area contributed by atoms with E-state index in [1.54, 1.807) is 7.11 Å². The van der Waals surface area contributed by atoms with E-state index >= 15 is 0 Å². The summed E-state index contributed by atoms with van der Waals surface area (Å²) in [6, 6.07) is 1.34. The van der Waals surface area contributed by atoms with Crippen LogP contribution in [-0.2, 0) is 16.1 Å². The third kappa shape index (κ3) is 4.82. The molecule has 1 unspecified atom stereocenters. The molecule has 94 valence electrons. The van der Waals surface area contributed by atoms with Gasteiger partial charge in [0.1, 0.15) is 6.54 Å². The number of nitrogens with zero attached hydrogens (tertiary/aromatic N) is 2. The summed E-state index contributed by atoms with van der Waals surface area (Å²) in [4.78, 5) is 23.0. The minimum absolute atomic E-state index is 0.0796. The molecule has 0 saturated carbocycles. The second kappa shape index (κ2) is 6.70. The molecule has 0 aliphatic carbocycles. The van der Waals surface area contributed by atoms with Gasteiger partial charge in [0.15, 0.2) is 0 Å². The summed E-state index contributed by atoms with van der Waals surface area (Å²) < 4.78 is 6.76. The summed E-state index contributed by atoms with van der Waals surface area (Å²) in [6.45, 7) is 2.18. The highest BCUT2D eigenvalue weighted by atomic mass is 127. The number of methoxy groups -OCH3 is 1. The van der Waals surface area contributed by atoms with Gasteiger partial charge in [-0.25, -0.2) is 4.68 Å². The highest BCUT2D eigenvalue weighted by molar-refractivity contribution is 14.1. The van der Waals surface area contributed by atoms with E-state index in [1.807, 2.05) is 29.5 Å². The average Bonchev–Trinajstić information content (AvgIpc) is 2.22. The maximum absolute atomic E-state index is 11.6. The third-order valence-electron chi connectivity index (χ3n) is 1.95. The van der Waals surface area contributed by atoms with Gasteiger partial charge in [-0.2, -0.15) is 5.10 Å². The first-order valence-corrected chi connectivity index (χ1v) is 6.11. The normalized spacial score (nSPS) is 12.2. The topological polar surface area (TPSA) is 73.2 Å². The van der Waals surface area contributed by atoms with Crippen LogP contribution in [0.25, 0.3) is 0 Å². The molecule has 1 N–H and O–H groups in total. The zero-order chi connectivity index (χ0) is 12.8. The van der Waals surface area contributed by atoms with Crippen LogP contribution in [0.4, 0.5) is 0 Å². The lowest BCUT2D eigenvalue weighted by atomic mass is 10.3. The van der Waals surface area contributed by atoms with Gasteiger partial charge in [-0.15, -0.1) is 0 Å².